The number of nitriles is 1. The van der Waals surface area contributed by atoms with Gasteiger partial charge in [-0.15, -0.1) is 22.7 Å². The van der Waals surface area contributed by atoms with Gasteiger partial charge >= 0.3 is 6.18 Å². The van der Waals surface area contributed by atoms with Crippen LogP contribution in [-0.2, 0) is 6.18 Å². The van der Waals surface area contributed by atoms with E-state index in [1.165, 1.54) is 23.5 Å². The standard InChI is InChI=1S/C21H11F3N2OS2/c22-21(23,24)15-4-1-3-13(9-15)18-7-6-16(27-18)10-14(11-25)20-26-17(12-29-20)19-5-2-8-28-19/h1-10,12H/b14-10+. The molecule has 0 aliphatic heterocycles. The van der Waals surface area contributed by atoms with Gasteiger partial charge in [0.05, 0.1) is 21.7 Å². The fraction of sp³-hybridized carbons (Fsp3) is 0.0476. The molecule has 0 amide bonds. The minimum atomic E-state index is -4.43. The normalized spacial score (nSPS) is 12.1. The van der Waals surface area contributed by atoms with Crippen LogP contribution in [0.25, 0.3) is 33.5 Å². The predicted octanol–water partition coefficient (Wildman–Crippen LogP) is 7.21. The first kappa shape index (κ1) is 19.2. The second-order valence-corrected chi connectivity index (χ2v) is 7.77. The van der Waals surface area contributed by atoms with Crippen molar-refractivity contribution in [1.29, 1.82) is 5.26 Å². The number of aromatic nitrogens is 1. The van der Waals surface area contributed by atoms with Gasteiger partial charge in [0.2, 0.25) is 0 Å². The number of furan rings is 1. The van der Waals surface area contributed by atoms with Crippen LogP contribution in [0.3, 0.4) is 0 Å². The van der Waals surface area contributed by atoms with Crippen molar-refractivity contribution in [2.75, 3.05) is 0 Å². The molecule has 8 heteroatoms. The second-order valence-electron chi connectivity index (χ2n) is 5.97. The summed E-state index contributed by atoms with van der Waals surface area (Å²) in [5.74, 6) is 0.653. The van der Waals surface area contributed by atoms with Gasteiger partial charge in [-0.05, 0) is 35.7 Å². The lowest BCUT2D eigenvalue weighted by molar-refractivity contribution is -0.137. The van der Waals surface area contributed by atoms with Gasteiger partial charge in [-0.3, -0.25) is 0 Å². The van der Waals surface area contributed by atoms with Crippen LogP contribution in [0.15, 0.2) is 63.7 Å². The average Bonchev–Trinajstić information content (AvgIpc) is 3.46. The highest BCUT2D eigenvalue weighted by atomic mass is 32.1. The maximum atomic E-state index is 12.9. The molecule has 0 spiro atoms. The lowest BCUT2D eigenvalue weighted by atomic mass is 10.1. The molecule has 0 unspecified atom stereocenters. The van der Waals surface area contributed by atoms with Gasteiger partial charge in [-0.25, -0.2) is 4.98 Å². The Morgan fingerprint density at radius 2 is 1.97 bits per heavy atom. The van der Waals surface area contributed by atoms with Gasteiger partial charge in [-0.1, -0.05) is 18.2 Å². The van der Waals surface area contributed by atoms with Gasteiger partial charge in [0.25, 0.3) is 0 Å². The van der Waals surface area contributed by atoms with E-state index in [-0.39, 0.29) is 5.76 Å². The molecule has 0 saturated carbocycles. The third-order valence-corrected chi connectivity index (χ3v) is 5.78. The van der Waals surface area contributed by atoms with Crippen LogP contribution in [-0.4, -0.2) is 4.98 Å². The molecule has 0 aliphatic carbocycles. The zero-order valence-electron chi connectivity index (χ0n) is 14.6. The molecule has 144 valence electrons. The average molecular weight is 428 g/mol. The topological polar surface area (TPSA) is 49.8 Å². The summed E-state index contributed by atoms with van der Waals surface area (Å²) >= 11 is 2.91. The minimum Gasteiger partial charge on any atom is -0.457 e. The molecule has 3 heterocycles. The third-order valence-electron chi connectivity index (χ3n) is 4.02. The fourth-order valence-corrected chi connectivity index (χ4v) is 4.20. The van der Waals surface area contributed by atoms with Crippen LogP contribution in [0.1, 0.15) is 16.3 Å². The molecule has 0 atom stereocenters. The SMILES string of the molecule is N#C/C(=C\c1ccc(-c2cccc(C(F)(F)F)c2)o1)c1nc(-c2cccs2)cs1. The number of thiazole rings is 1. The lowest BCUT2D eigenvalue weighted by Gasteiger charge is -2.07. The number of nitrogens with zero attached hydrogens (tertiary/aromatic N) is 2. The molecule has 29 heavy (non-hydrogen) atoms. The Labute approximate surface area is 172 Å². The number of halogens is 3. The van der Waals surface area contributed by atoms with Crippen LogP contribution < -0.4 is 0 Å². The first-order valence-corrected chi connectivity index (χ1v) is 10.1. The summed E-state index contributed by atoms with van der Waals surface area (Å²) in [4.78, 5) is 5.50. The fourth-order valence-electron chi connectivity index (χ4n) is 2.65. The summed E-state index contributed by atoms with van der Waals surface area (Å²) in [6.07, 6.45) is -2.89. The highest BCUT2D eigenvalue weighted by Crippen LogP contribution is 2.34. The number of allylic oxidation sites excluding steroid dienone is 1. The van der Waals surface area contributed by atoms with E-state index in [2.05, 4.69) is 11.1 Å². The molecule has 3 aromatic heterocycles. The van der Waals surface area contributed by atoms with Gasteiger partial charge in [0.15, 0.2) is 0 Å². The molecule has 0 radical (unpaired) electrons. The molecule has 0 bridgehead atoms. The van der Waals surface area contributed by atoms with Gasteiger partial charge in [-0.2, -0.15) is 18.4 Å². The number of thiophene rings is 1. The summed E-state index contributed by atoms with van der Waals surface area (Å²) in [5.41, 5.74) is 0.685. The van der Waals surface area contributed by atoms with Crippen molar-refractivity contribution in [3.05, 3.63) is 75.6 Å². The van der Waals surface area contributed by atoms with E-state index in [1.807, 2.05) is 22.9 Å². The second kappa shape index (κ2) is 7.70. The number of benzene rings is 1. The first-order chi connectivity index (χ1) is 13.9. The van der Waals surface area contributed by atoms with Crippen molar-refractivity contribution in [1.82, 2.24) is 4.98 Å². The zero-order valence-corrected chi connectivity index (χ0v) is 16.2. The summed E-state index contributed by atoms with van der Waals surface area (Å²) in [6.45, 7) is 0. The molecule has 1 aromatic carbocycles. The summed E-state index contributed by atoms with van der Waals surface area (Å²) in [7, 11) is 0. The molecule has 4 aromatic rings. The van der Waals surface area contributed by atoms with E-state index in [1.54, 1.807) is 29.5 Å². The Hall–Kier alpha value is -3.15. The predicted molar refractivity (Wildman–Crippen MR) is 108 cm³/mol. The molecule has 4 rings (SSSR count). The van der Waals surface area contributed by atoms with Crippen molar-refractivity contribution < 1.29 is 17.6 Å². The van der Waals surface area contributed by atoms with Crippen LogP contribution >= 0.6 is 22.7 Å². The Morgan fingerprint density at radius 1 is 1.10 bits per heavy atom. The van der Waals surface area contributed by atoms with E-state index < -0.39 is 11.7 Å². The third kappa shape index (κ3) is 4.16. The lowest BCUT2D eigenvalue weighted by Crippen LogP contribution is -2.04. The van der Waals surface area contributed by atoms with E-state index in [4.69, 9.17) is 4.42 Å². The van der Waals surface area contributed by atoms with Crippen molar-refractivity contribution in [2.24, 2.45) is 0 Å². The Morgan fingerprint density at radius 3 is 2.69 bits per heavy atom. The van der Waals surface area contributed by atoms with Crippen LogP contribution in [0.4, 0.5) is 13.2 Å². The van der Waals surface area contributed by atoms with E-state index in [9.17, 15) is 18.4 Å². The number of hydrogen-bond acceptors (Lipinski definition) is 5. The van der Waals surface area contributed by atoms with Crippen molar-refractivity contribution in [3.8, 4) is 28.0 Å². The number of hydrogen-bond donors (Lipinski definition) is 0. The minimum absolute atomic E-state index is 0.290. The number of alkyl halides is 3. The molecule has 0 saturated heterocycles. The Kier molecular flexibility index (Phi) is 5.09. The van der Waals surface area contributed by atoms with E-state index >= 15 is 0 Å². The maximum Gasteiger partial charge on any atom is 0.416 e. The zero-order chi connectivity index (χ0) is 20.4. The Bertz CT molecular complexity index is 1210. The molecular weight excluding hydrogens is 417 g/mol. The smallest absolute Gasteiger partial charge is 0.416 e. The maximum absolute atomic E-state index is 12.9. The largest absolute Gasteiger partial charge is 0.457 e. The van der Waals surface area contributed by atoms with Crippen molar-refractivity contribution >= 4 is 34.3 Å². The van der Waals surface area contributed by atoms with Crippen LogP contribution in [0.2, 0.25) is 0 Å². The van der Waals surface area contributed by atoms with Crippen LogP contribution in [0.5, 0.6) is 0 Å². The summed E-state index contributed by atoms with van der Waals surface area (Å²) < 4.78 is 44.4. The van der Waals surface area contributed by atoms with Crippen LogP contribution in [0, 0.1) is 11.3 Å². The highest BCUT2D eigenvalue weighted by Gasteiger charge is 2.30. The van der Waals surface area contributed by atoms with Gasteiger partial charge in [0.1, 0.15) is 22.6 Å². The Balaban J connectivity index is 1.62. The van der Waals surface area contributed by atoms with E-state index in [0.717, 1.165) is 22.7 Å². The highest BCUT2D eigenvalue weighted by molar-refractivity contribution is 7.14. The van der Waals surface area contributed by atoms with Crippen molar-refractivity contribution in [2.45, 2.75) is 6.18 Å². The van der Waals surface area contributed by atoms with Crippen molar-refractivity contribution in [3.63, 3.8) is 0 Å². The molecule has 0 N–H and O–H groups in total. The molecule has 0 fully saturated rings. The summed E-state index contributed by atoms with van der Waals surface area (Å²) in [6, 6.07) is 14.1. The number of rotatable bonds is 4. The van der Waals surface area contributed by atoms with E-state index in [0.29, 0.717) is 21.9 Å². The summed E-state index contributed by atoms with van der Waals surface area (Å²) in [5, 5.41) is 13.9. The quantitative estimate of drug-likeness (QED) is 0.323. The molecule has 3 nitrogen and oxygen atoms in total. The first-order valence-electron chi connectivity index (χ1n) is 8.33. The monoisotopic (exact) mass is 428 g/mol. The molecular formula is C21H11F3N2OS2. The van der Waals surface area contributed by atoms with Gasteiger partial charge < -0.3 is 4.42 Å². The van der Waals surface area contributed by atoms with Gasteiger partial charge in [0, 0.05) is 17.0 Å². The molecule has 0 aliphatic rings.